The Hall–Kier alpha value is -2.34. The minimum atomic E-state index is -5.80. The van der Waals surface area contributed by atoms with Crippen molar-refractivity contribution in [2.45, 2.75) is 26.3 Å². The number of hydrazine groups is 1. The summed E-state index contributed by atoms with van der Waals surface area (Å²) < 4.78 is 65.9. The second-order valence-corrected chi connectivity index (χ2v) is 6.98. The zero-order valence-electron chi connectivity index (χ0n) is 14.5. The lowest BCUT2D eigenvalue weighted by molar-refractivity contribution is -0.0438. The fourth-order valence-electron chi connectivity index (χ4n) is 1.91. The van der Waals surface area contributed by atoms with Crippen LogP contribution in [0.1, 0.15) is 25.0 Å². The van der Waals surface area contributed by atoms with E-state index in [4.69, 9.17) is 10.6 Å². The molecule has 1 amide bonds. The van der Waals surface area contributed by atoms with Crippen LogP contribution in [0.25, 0.3) is 0 Å². The minimum absolute atomic E-state index is 0.0106. The second-order valence-electron chi connectivity index (χ2n) is 5.18. The molecular formula is C14H19F3N4O4S. The molecule has 8 nitrogen and oxygen atoms in total. The maximum absolute atomic E-state index is 12.8. The molecule has 0 spiro atoms. The van der Waals surface area contributed by atoms with Crippen molar-refractivity contribution in [1.29, 1.82) is 0 Å². The highest BCUT2D eigenvalue weighted by Gasteiger charge is 2.50. The first-order valence-corrected chi connectivity index (χ1v) is 8.70. The summed E-state index contributed by atoms with van der Waals surface area (Å²) in [5.74, 6) is 5.25. The number of hydrogen-bond donors (Lipinski definition) is 1. The van der Waals surface area contributed by atoms with Crippen molar-refractivity contribution in [3.63, 3.8) is 0 Å². The molecule has 2 N–H and O–H groups in total. The van der Waals surface area contributed by atoms with E-state index in [2.05, 4.69) is 5.10 Å². The predicted octanol–water partition coefficient (Wildman–Crippen LogP) is 2.34. The molecule has 0 aliphatic heterocycles. The van der Waals surface area contributed by atoms with Gasteiger partial charge in [0.05, 0.1) is 18.0 Å². The van der Waals surface area contributed by atoms with Gasteiger partial charge in [-0.05, 0) is 32.9 Å². The molecule has 26 heavy (non-hydrogen) atoms. The number of ether oxygens (including phenoxy) is 1. The number of carbonyl (C=O) groups excluding carboxylic acids is 1. The van der Waals surface area contributed by atoms with Gasteiger partial charge < -0.3 is 4.74 Å². The quantitative estimate of drug-likeness (QED) is 0.467. The number of carbonyl (C=O) groups is 1. The number of nitrogens with two attached hydrogens (primary N) is 1. The fourth-order valence-corrected chi connectivity index (χ4v) is 2.55. The molecule has 0 aliphatic rings. The van der Waals surface area contributed by atoms with Crippen LogP contribution >= 0.6 is 0 Å². The van der Waals surface area contributed by atoms with Crippen LogP contribution < -0.4 is 10.3 Å². The molecule has 0 atom stereocenters. The van der Waals surface area contributed by atoms with Crippen molar-refractivity contribution < 1.29 is 31.1 Å². The molecule has 0 bridgehead atoms. The Balaban J connectivity index is 3.42. The number of anilines is 1. The Morgan fingerprint density at radius 3 is 2.42 bits per heavy atom. The van der Waals surface area contributed by atoms with Gasteiger partial charge >= 0.3 is 21.6 Å². The van der Waals surface area contributed by atoms with Crippen LogP contribution in [0.4, 0.5) is 23.7 Å². The second kappa shape index (κ2) is 7.91. The van der Waals surface area contributed by atoms with Gasteiger partial charge in [0.1, 0.15) is 0 Å². The van der Waals surface area contributed by atoms with Gasteiger partial charge in [0.25, 0.3) is 0 Å². The smallest absolute Gasteiger partial charge is 0.448 e. The lowest BCUT2D eigenvalue weighted by atomic mass is 10.1. The summed E-state index contributed by atoms with van der Waals surface area (Å²) in [4.78, 5) is 11.6. The van der Waals surface area contributed by atoms with E-state index in [1.165, 1.54) is 26.1 Å². The number of rotatable bonds is 5. The van der Waals surface area contributed by atoms with Crippen molar-refractivity contribution in [2.75, 3.05) is 18.1 Å². The van der Waals surface area contributed by atoms with Crippen LogP contribution in [-0.2, 0) is 14.8 Å². The molecule has 0 fully saturated rings. The minimum Gasteiger partial charge on any atom is -0.448 e. The van der Waals surface area contributed by atoms with Gasteiger partial charge in [-0.2, -0.15) is 31.1 Å². The van der Waals surface area contributed by atoms with Crippen molar-refractivity contribution >= 4 is 27.5 Å². The van der Waals surface area contributed by atoms with E-state index in [0.29, 0.717) is 5.56 Å². The topological polar surface area (TPSA) is 105 Å². The Bertz CT molecular complexity index is 809. The highest BCUT2D eigenvalue weighted by molar-refractivity contribution is 7.93. The summed E-state index contributed by atoms with van der Waals surface area (Å²) in [5, 5.41) is 4.75. The maximum atomic E-state index is 12.8. The van der Waals surface area contributed by atoms with Crippen molar-refractivity contribution in [1.82, 2.24) is 5.01 Å². The van der Waals surface area contributed by atoms with Crippen LogP contribution in [0.2, 0.25) is 0 Å². The van der Waals surface area contributed by atoms with Gasteiger partial charge in [0, 0.05) is 12.6 Å². The van der Waals surface area contributed by atoms with Crippen LogP contribution in [-0.4, -0.2) is 44.4 Å². The molecule has 0 radical (unpaired) electrons. The van der Waals surface area contributed by atoms with E-state index in [1.54, 1.807) is 13.8 Å². The number of benzene rings is 1. The monoisotopic (exact) mass is 396 g/mol. The predicted molar refractivity (Wildman–Crippen MR) is 89.8 cm³/mol. The van der Waals surface area contributed by atoms with Crippen LogP contribution in [0, 0.1) is 6.92 Å². The zero-order chi connectivity index (χ0) is 20.3. The summed E-state index contributed by atoms with van der Waals surface area (Å²) in [5.41, 5.74) is -5.32. The molecule has 12 heteroatoms. The number of hydrogen-bond acceptors (Lipinski definition) is 6. The average molecular weight is 396 g/mol. The SMILES string of the molecule is CCOC(=O)N(C)/N=C(\C)c1cc(C)ccc1N(N)S(=O)(=O)C(F)(F)F. The summed E-state index contributed by atoms with van der Waals surface area (Å²) in [6, 6.07) is 3.92. The van der Waals surface area contributed by atoms with Crippen molar-refractivity contribution in [2.24, 2.45) is 10.9 Å². The first kappa shape index (κ1) is 21.7. The molecule has 0 aliphatic carbocycles. The van der Waals surface area contributed by atoms with E-state index in [-0.39, 0.29) is 22.3 Å². The van der Waals surface area contributed by atoms with Gasteiger partial charge in [0.15, 0.2) is 0 Å². The molecule has 0 saturated heterocycles. The highest BCUT2D eigenvalue weighted by atomic mass is 32.2. The lowest BCUT2D eigenvalue weighted by Crippen LogP contribution is -2.46. The molecule has 1 aromatic carbocycles. The van der Waals surface area contributed by atoms with E-state index in [0.717, 1.165) is 11.1 Å². The number of amides is 1. The van der Waals surface area contributed by atoms with Crippen LogP contribution in [0.5, 0.6) is 0 Å². The van der Waals surface area contributed by atoms with E-state index in [1.807, 2.05) is 0 Å². The number of aryl methyl sites for hydroxylation is 1. The average Bonchev–Trinajstić information content (AvgIpc) is 2.53. The number of hydrazone groups is 1. The third-order valence-electron chi connectivity index (χ3n) is 3.16. The normalized spacial score (nSPS) is 12.7. The van der Waals surface area contributed by atoms with Gasteiger partial charge in [0.2, 0.25) is 0 Å². The molecule has 1 rings (SSSR count). The van der Waals surface area contributed by atoms with Gasteiger partial charge in [-0.1, -0.05) is 11.6 Å². The Morgan fingerprint density at radius 1 is 1.35 bits per heavy atom. The summed E-state index contributed by atoms with van der Waals surface area (Å²) in [6.07, 6.45) is -0.784. The molecule has 146 valence electrons. The van der Waals surface area contributed by atoms with Crippen LogP contribution in [0.15, 0.2) is 23.3 Å². The van der Waals surface area contributed by atoms with E-state index >= 15 is 0 Å². The Labute approximate surface area is 149 Å². The summed E-state index contributed by atoms with van der Waals surface area (Å²) >= 11 is 0. The van der Waals surface area contributed by atoms with Gasteiger partial charge in [-0.25, -0.2) is 15.6 Å². The van der Waals surface area contributed by atoms with Gasteiger partial charge in [-0.3, -0.25) is 0 Å². The number of alkyl halides is 3. The largest absolute Gasteiger partial charge is 0.518 e. The number of nitrogens with zero attached hydrogens (tertiary/aromatic N) is 3. The maximum Gasteiger partial charge on any atom is 0.518 e. The van der Waals surface area contributed by atoms with Crippen molar-refractivity contribution in [3.8, 4) is 0 Å². The molecule has 0 aromatic heterocycles. The molecular weight excluding hydrogens is 377 g/mol. The third-order valence-corrected chi connectivity index (χ3v) is 4.46. The number of halogens is 3. The molecule has 0 saturated carbocycles. The first-order valence-electron chi connectivity index (χ1n) is 7.26. The van der Waals surface area contributed by atoms with E-state index in [9.17, 15) is 26.4 Å². The Kier molecular flexibility index (Phi) is 6.60. The standard InChI is InChI=1S/C14H19F3N4O4S/c1-5-25-13(22)20(4)19-10(3)11-8-9(2)6-7-12(11)21(18)26(23,24)14(15,16)17/h6-8H,5,18H2,1-4H3/b19-10+. The summed E-state index contributed by atoms with van der Waals surface area (Å²) in [7, 11) is -4.52. The van der Waals surface area contributed by atoms with Crippen molar-refractivity contribution in [3.05, 3.63) is 29.3 Å². The lowest BCUT2D eigenvalue weighted by Gasteiger charge is -2.23. The van der Waals surface area contributed by atoms with E-state index < -0.39 is 27.3 Å². The van der Waals surface area contributed by atoms with Crippen LogP contribution in [0.3, 0.4) is 0 Å². The molecule has 0 unspecified atom stereocenters. The Morgan fingerprint density at radius 2 is 1.92 bits per heavy atom. The highest BCUT2D eigenvalue weighted by Crippen LogP contribution is 2.31. The molecule has 0 heterocycles. The molecule has 1 aromatic rings. The first-order chi connectivity index (χ1) is 11.8. The van der Waals surface area contributed by atoms with Gasteiger partial charge in [-0.15, -0.1) is 0 Å². The third kappa shape index (κ3) is 4.64. The zero-order valence-corrected chi connectivity index (χ0v) is 15.3. The summed E-state index contributed by atoms with van der Waals surface area (Å²) in [6.45, 7) is 4.74. The fraction of sp³-hybridized carbons (Fsp3) is 0.429. The number of sulfonamides is 1.